The van der Waals surface area contributed by atoms with Crippen molar-refractivity contribution in [1.82, 2.24) is 25.2 Å². The highest BCUT2D eigenvalue weighted by molar-refractivity contribution is 6.30. The van der Waals surface area contributed by atoms with Gasteiger partial charge in [-0.15, -0.1) is 0 Å². The van der Waals surface area contributed by atoms with Crippen molar-refractivity contribution in [3.05, 3.63) is 35.2 Å². The van der Waals surface area contributed by atoms with E-state index in [0.717, 1.165) is 13.0 Å². The van der Waals surface area contributed by atoms with Crippen molar-refractivity contribution in [2.75, 3.05) is 30.8 Å². The predicted octanol–water partition coefficient (Wildman–Crippen LogP) is 4.59. The normalized spacial score (nSPS) is 11.5. The fourth-order valence-electron chi connectivity index (χ4n) is 2.88. The van der Waals surface area contributed by atoms with Gasteiger partial charge in [-0.1, -0.05) is 30.4 Å². The minimum Gasteiger partial charge on any atom is -0.444 e. The van der Waals surface area contributed by atoms with Gasteiger partial charge < -0.3 is 20.7 Å². The van der Waals surface area contributed by atoms with E-state index in [9.17, 15) is 9.59 Å². The van der Waals surface area contributed by atoms with Crippen LogP contribution >= 0.6 is 11.6 Å². The number of hydrogen-bond acceptors (Lipinski definition) is 8. The van der Waals surface area contributed by atoms with E-state index < -0.39 is 17.7 Å². The van der Waals surface area contributed by atoms with Crippen molar-refractivity contribution >= 4 is 41.1 Å². The van der Waals surface area contributed by atoms with Gasteiger partial charge in [0, 0.05) is 32.8 Å². The lowest BCUT2D eigenvalue weighted by molar-refractivity contribution is -0.125. The lowest BCUT2D eigenvalue weighted by atomic mass is 10.2. The number of pyridine rings is 1. The summed E-state index contributed by atoms with van der Waals surface area (Å²) in [5, 5.41) is 9.72. The summed E-state index contributed by atoms with van der Waals surface area (Å²) in [4.78, 5) is 38.8. The molecular formula is C26H36ClN7O3. The van der Waals surface area contributed by atoms with Crippen molar-refractivity contribution < 1.29 is 14.3 Å². The van der Waals surface area contributed by atoms with E-state index in [1.54, 1.807) is 59.4 Å². The molecule has 0 saturated carbocycles. The van der Waals surface area contributed by atoms with Crippen molar-refractivity contribution in [3.63, 3.8) is 0 Å². The maximum absolute atomic E-state index is 12.4. The predicted molar refractivity (Wildman–Crippen MR) is 146 cm³/mol. The summed E-state index contributed by atoms with van der Waals surface area (Å²) in [5.74, 6) is 7.00. The third-order valence-corrected chi connectivity index (χ3v) is 5.14. The van der Waals surface area contributed by atoms with E-state index in [4.69, 9.17) is 16.3 Å². The van der Waals surface area contributed by atoms with Crippen molar-refractivity contribution in [1.29, 1.82) is 0 Å². The molecule has 2 amide bonds. The molecule has 2 rings (SSSR count). The zero-order valence-electron chi connectivity index (χ0n) is 22.3. The second kappa shape index (κ2) is 14.2. The van der Waals surface area contributed by atoms with Crippen LogP contribution in [0.5, 0.6) is 0 Å². The molecule has 2 aromatic heterocycles. The number of aromatic nitrogens is 3. The summed E-state index contributed by atoms with van der Waals surface area (Å²) in [6, 6.07) is 1.08. The van der Waals surface area contributed by atoms with Crippen molar-refractivity contribution in [2.45, 2.75) is 65.5 Å². The zero-order valence-corrected chi connectivity index (χ0v) is 23.1. The van der Waals surface area contributed by atoms with Gasteiger partial charge >= 0.3 is 6.09 Å². The van der Waals surface area contributed by atoms with Crippen molar-refractivity contribution in [3.8, 4) is 11.8 Å². The van der Waals surface area contributed by atoms with Crippen LogP contribution in [-0.2, 0) is 9.53 Å². The van der Waals surface area contributed by atoms with E-state index in [0.29, 0.717) is 47.4 Å². The third-order valence-electron chi connectivity index (χ3n) is 4.93. The van der Waals surface area contributed by atoms with Gasteiger partial charge in [-0.05, 0) is 46.6 Å². The van der Waals surface area contributed by atoms with Crippen LogP contribution in [0.1, 0.15) is 59.4 Å². The summed E-state index contributed by atoms with van der Waals surface area (Å²) in [5.41, 5.74) is 0.739. The Bertz CT molecular complexity index is 1130. The monoisotopic (exact) mass is 529 g/mol. The summed E-state index contributed by atoms with van der Waals surface area (Å²) in [6.45, 7) is 10.2. The van der Waals surface area contributed by atoms with Crippen LogP contribution in [0.4, 0.5) is 22.2 Å². The molecule has 0 aliphatic heterocycles. The Morgan fingerprint density at radius 2 is 1.97 bits per heavy atom. The summed E-state index contributed by atoms with van der Waals surface area (Å²) >= 11 is 5.99. The SMILES string of the molecule is CCCNc1nc(Nc2cncc(Cl)c2)ncc1C#CCCCNC(=O)[C@H](C)N(C)C(=O)OC(C)(C)C. The van der Waals surface area contributed by atoms with Crippen molar-refractivity contribution in [2.24, 2.45) is 0 Å². The molecule has 0 spiro atoms. The first kappa shape index (κ1) is 29.6. The third kappa shape index (κ3) is 10.5. The van der Waals surface area contributed by atoms with Gasteiger partial charge in [0.1, 0.15) is 17.5 Å². The maximum Gasteiger partial charge on any atom is 0.410 e. The van der Waals surface area contributed by atoms with Gasteiger partial charge in [0.25, 0.3) is 0 Å². The Hall–Kier alpha value is -3.58. The number of nitrogens with zero attached hydrogens (tertiary/aromatic N) is 4. The molecule has 3 N–H and O–H groups in total. The molecule has 0 fully saturated rings. The van der Waals surface area contributed by atoms with Gasteiger partial charge in [0.05, 0.1) is 28.7 Å². The first-order valence-corrected chi connectivity index (χ1v) is 12.6. The van der Waals surface area contributed by atoms with E-state index in [1.165, 1.54) is 4.90 Å². The first-order chi connectivity index (χ1) is 17.5. The lowest BCUT2D eigenvalue weighted by Crippen LogP contribution is -2.47. The minimum absolute atomic E-state index is 0.251. The van der Waals surface area contributed by atoms with Crippen LogP contribution in [0.25, 0.3) is 0 Å². The molecule has 0 unspecified atom stereocenters. The molecule has 1 atom stereocenters. The van der Waals surface area contributed by atoms with E-state index in [2.05, 4.69) is 49.7 Å². The molecule has 0 aromatic carbocycles. The molecule has 200 valence electrons. The molecule has 0 radical (unpaired) electrons. The minimum atomic E-state index is -0.653. The Balaban J connectivity index is 1.89. The molecule has 11 heteroatoms. The molecule has 10 nitrogen and oxygen atoms in total. The fourth-order valence-corrected chi connectivity index (χ4v) is 3.06. The van der Waals surface area contributed by atoms with Gasteiger partial charge in [-0.25, -0.2) is 9.78 Å². The molecule has 0 bridgehead atoms. The van der Waals surface area contributed by atoms with Gasteiger partial charge in [-0.3, -0.25) is 14.7 Å². The highest BCUT2D eigenvalue weighted by atomic mass is 35.5. The van der Waals surface area contributed by atoms with Gasteiger partial charge in [0.15, 0.2) is 0 Å². The number of rotatable bonds is 10. The average molecular weight is 530 g/mol. The first-order valence-electron chi connectivity index (χ1n) is 12.2. The number of likely N-dealkylation sites (N-methyl/N-ethyl adjacent to an activating group) is 1. The molecule has 0 aliphatic carbocycles. The average Bonchev–Trinajstić information content (AvgIpc) is 2.83. The topological polar surface area (TPSA) is 121 Å². The number of unbranched alkanes of at least 4 members (excludes halogenated alkanes) is 1. The molecule has 37 heavy (non-hydrogen) atoms. The second-order valence-electron chi connectivity index (χ2n) is 9.36. The van der Waals surface area contributed by atoms with Crippen LogP contribution < -0.4 is 16.0 Å². The van der Waals surface area contributed by atoms with Gasteiger partial charge in [-0.2, -0.15) is 4.98 Å². The number of ether oxygens (including phenoxy) is 1. The number of nitrogens with one attached hydrogen (secondary N) is 3. The van der Waals surface area contributed by atoms with Crippen LogP contribution in [0.3, 0.4) is 0 Å². The van der Waals surface area contributed by atoms with Crippen LogP contribution in [0, 0.1) is 11.8 Å². The lowest BCUT2D eigenvalue weighted by Gasteiger charge is -2.28. The molecule has 0 aliphatic rings. The number of carbonyl (C=O) groups excluding carboxylic acids is 2. The highest BCUT2D eigenvalue weighted by Crippen LogP contribution is 2.19. The van der Waals surface area contributed by atoms with Gasteiger partial charge in [0.2, 0.25) is 11.9 Å². The quantitative estimate of drug-likeness (QED) is 0.302. The van der Waals surface area contributed by atoms with Crippen LogP contribution in [0.15, 0.2) is 24.7 Å². The van der Waals surface area contributed by atoms with E-state index in [1.807, 2.05) is 0 Å². The van der Waals surface area contributed by atoms with Crippen LogP contribution in [0.2, 0.25) is 5.02 Å². The number of halogens is 1. The molecular weight excluding hydrogens is 494 g/mol. The maximum atomic E-state index is 12.4. The van der Waals surface area contributed by atoms with Crippen LogP contribution in [-0.4, -0.2) is 63.6 Å². The Morgan fingerprint density at radius 3 is 2.65 bits per heavy atom. The largest absolute Gasteiger partial charge is 0.444 e. The number of hydrogen-bond donors (Lipinski definition) is 3. The number of anilines is 3. The standard InChI is InChI=1S/C26H36ClN7O3/c1-7-12-29-22-19(15-31-24(33-22)32-21-14-20(27)16-28-17-21)11-9-8-10-13-30-23(35)18(2)34(6)25(36)37-26(3,4)5/h14-18H,7-8,10,12-13H2,1-6H3,(H,30,35)(H2,29,31,32,33)/t18-/m0/s1. The number of carbonyl (C=O) groups is 2. The summed E-state index contributed by atoms with van der Waals surface area (Å²) < 4.78 is 5.31. The summed E-state index contributed by atoms with van der Waals surface area (Å²) in [6.07, 6.45) is 6.46. The smallest absolute Gasteiger partial charge is 0.410 e. The molecule has 2 heterocycles. The second-order valence-corrected chi connectivity index (χ2v) is 9.80. The Kier molecular flexibility index (Phi) is 11.4. The Morgan fingerprint density at radius 1 is 1.22 bits per heavy atom. The van der Waals surface area contributed by atoms with E-state index in [-0.39, 0.29) is 5.91 Å². The molecule has 2 aromatic rings. The Labute approximate surface area is 223 Å². The fraction of sp³-hybridized carbons (Fsp3) is 0.500. The number of amides is 2. The summed E-state index contributed by atoms with van der Waals surface area (Å²) in [7, 11) is 1.54. The highest BCUT2D eigenvalue weighted by Gasteiger charge is 2.26. The van der Waals surface area contributed by atoms with E-state index >= 15 is 0 Å². The molecule has 0 saturated heterocycles. The zero-order chi connectivity index (χ0) is 27.4.